The molecule has 35 heavy (non-hydrogen) atoms. The summed E-state index contributed by atoms with van der Waals surface area (Å²) < 4.78 is 46.4. The standard InChI is InChI=1S/C22H15F3N8O2/c23-22(24,25)12-4-6-26-16(9-12)19-29-30-20(35-19)21(34)32-8-5-14-17(28-11-27-14)18(32)15-10-13-3-1-2-7-33(13)31-15/h1-4,6-7,9-11,18H,5,8H2,(H,27,28)/t18-/m0/s1. The van der Waals surface area contributed by atoms with Gasteiger partial charge in [0.2, 0.25) is 0 Å². The third kappa shape index (κ3) is 3.61. The number of rotatable bonds is 3. The molecule has 1 amide bonds. The van der Waals surface area contributed by atoms with Gasteiger partial charge in [-0.2, -0.15) is 18.3 Å². The lowest BCUT2D eigenvalue weighted by Gasteiger charge is -2.32. The number of H-pyrrole nitrogens is 1. The molecule has 5 aromatic heterocycles. The minimum atomic E-state index is -4.56. The normalized spacial score (nSPS) is 16.0. The predicted molar refractivity (Wildman–Crippen MR) is 113 cm³/mol. The first kappa shape index (κ1) is 21.0. The van der Waals surface area contributed by atoms with Gasteiger partial charge in [0.15, 0.2) is 0 Å². The first-order valence-corrected chi connectivity index (χ1v) is 10.5. The summed E-state index contributed by atoms with van der Waals surface area (Å²) in [5.74, 6) is -1.25. The van der Waals surface area contributed by atoms with Crippen LogP contribution >= 0.6 is 0 Å². The lowest BCUT2D eigenvalue weighted by molar-refractivity contribution is -0.137. The number of nitrogens with one attached hydrogen (secondary N) is 1. The molecule has 0 radical (unpaired) electrons. The molecule has 0 aliphatic carbocycles. The Morgan fingerprint density at radius 3 is 2.86 bits per heavy atom. The number of aromatic nitrogens is 7. The molecule has 1 aliphatic rings. The third-order valence-electron chi connectivity index (χ3n) is 5.77. The largest absolute Gasteiger partial charge is 0.416 e. The van der Waals surface area contributed by atoms with Crippen molar-refractivity contribution in [1.82, 2.24) is 39.7 Å². The predicted octanol–water partition coefficient (Wildman–Crippen LogP) is 3.31. The van der Waals surface area contributed by atoms with Crippen molar-refractivity contribution in [2.75, 3.05) is 6.54 Å². The van der Waals surface area contributed by atoms with Crippen molar-refractivity contribution in [1.29, 1.82) is 0 Å². The van der Waals surface area contributed by atoms with Gasteiger partial charge in [-0.1, -0.05) is 6.07 Å². The number of hydrogen-bond acceptors (Lipinski definition) is 7. The summed E-state index contributed by atoms with van der Waals surface area (Å²) in [7, 11) is 0. The fourth-order valence-corrected chi connectivity index (χ4v) is 4.15. The molecule has 176 valence electrons. The van der Waals surface area contributed by atoms with Crippen LogP contribution in [-0.2, 0) is 12.6 Å². The number of halogens is 3. The van der Waals surface area contributed by atoms with E-state index in [1.807, 2.05) is 24.3 Å². The second kappa shape index (κ2) is 7.75. The van der Waals surface area contributed by atoms with Crippen LogP contribution in [0.15, 0.2) is 59.5 Å². The van der Waals surface area contributed by atoms with E-state index in [0.29, 0.717) is 24.4 Å². The van der Waals surface area contributed by atoms with Crippen LogP contribution in [0.5, 0.6) is 0 Å². The molecule has 1 N–H and O–H groups in total. The van der Waals surface area contributed by atoms with Gasteiger partial charge in [0.1, 0.15) is 11.7 Å². The SMILES string of the molecule is O=C(c1nnc(-c2cc(C(F)(F)F)ccn2)o1)N1CCc2[nH]cnc2[C@@H]1c1cc2ccccn2n1. The number of amides is 1. The first-order chi connectivity index (χ1) is 16.9. The van der Waals surface area contributed by atoms with Crippen LogP contribution in [-0.4, -0.2) is 52.1 Å². The van der Waals surface area contributed by atoms with Crippen LogP contribution in [0.1, 0.15) is 39.4 Å². The molecule has 0 saturated heterocycles. The van der Waals surface area contributed by atoms with E-state index in [0.717, 1.165) is 29.5 Å². The molecular weight excluding hydrogens is 465 g/mol. The van der Waals surface area contributed by atoms with Gasteiger partial charge in [0, 0.05) is 31.1 Å². The van der Waals surface area contributed by atoms with Crippen molar-refractivity contribution in [3.8, 4) is 11.6 Å². The van der Waals surface area contributed by atoms with Crippen molar-refractivity contribution in [2.24, 2.45) is 0 Å². The number of alkyl halides is 3. The highest BCUT2D eigenvalue weighted by atomic mass is 19.4. The highest BCUT2D eigenvalue weighted by Crippen LogP contribution is 2.35. The molecule has 6 rings (SSSR count). The van der Waals surface area contributed by atoms with E-state index in [-0.39, 0.29) is 17.5 Å². The average molecular weight is 480 g/mol. The van der Waals surface area contributed by atoms with Crippen LogP contribution < -0.4 is 0 Å². The summed E-state index contributed by atoms with van der Waals surface area (Å²) >= 11 is 0. The zero-order chi connectivity index (χ0) is 24.2. The molecule has 13 heteroatoms. The van der Waals surface area contributed by atoms with Crippen LogP contribution in [0.4, 0.5) is 13.2 Å². The zero-order valence-electron chi connectivity index (χ0n) is 17.8. The van der Waals surface area contributed by atoms with Crippen molar-refractivity contribution in [3.05, 3.63) is 83.7 Å². The number of imidazole rings is 1. The molecule has 0 aromatic carbocycles. The number of pyridine rings is 2. The maximum absolute atomic E-state index is 13.5. The van der Waals surface area contributed by atoms with E-state index in [2.05, 4.69) is 30.2 Å². The summed E-state index contributed by atoms with van der Waals surface area (Å²) in [6.07, 6.45) is 0.304. The van der Waals surface area contributed by atoms with Crippen LogP contribution in [0, 0.1) is 0 Å². The van der Waals surface area contributed by atoms with E-state index in [1.165, 1.54) is 4.90 Å². The molecule has 1 atom stereocenters. The number of hydrogen-bond donors (Lipinski definition) is 1. The molecule has 10 nitrogen and oxygen atoms in total. The Balaban J connectivity index is 1.36. The van der Waals surface area contributed by atoms with E-state index >= 15 is 0 Å². The summed E-state index contributed by atoms with van der Waals surface area (Å²) in [4.78, 5) is 26.4. The van der Waals surface area contributed by atoms with Crippen molar-refractivity contribution < 1.29 is 22.4 Å². The zero-order valence-corrected chi connectivity index (χ0v) is 17.8. The molecule has 0 spiro atoms. The highest BCUT2D eigenvalue weighted by Gasteiger charge is 2.38. The monoisotopic (exact) mass is 480 g/mol. The molecule has 5 aromatic rings. The minimum Gasteiger partial charge on any atom is -0.411 e. The Morgan fingerprint density at radius 2 is 2.03 bits per heavy atom. The number of carbonyl (C=O) groups excluding carboxylic acids is 1. The average Bonchev–Trinajstić information content (AvgIpc) is 3.61. The van der Waals surface area contributed by atoms with Gasteiger partial charge >= 0.3 is 18.0 Å². The molecule has 1 aliphatic heterocycles. The molecular formula is C22H15F3N8O2. The van der Waals surface area contributed by atoms with Crippen molar-refractivity contribution in [3.63, 3.8) is 0 Å². The first-order valence-electron chi connectivity index (χ1n) is 10.5. The fourth-order valence-electron chi connectivity index (χ4n) is 4.15. The molecule has 0 saturated carbocycles. The molecule has 0 unspecified atom stereocenters. The van der Waals surface area contributed by atoms with Gasteiger partial charge in [-0.3, -0.25) is 9.78 Å². The maximum atomic E-state index is 13.5. The number of nitrogens with zero attached hydrogens (tertiary/aromatic N) is 7. The number of carbonyl (C=O) groups is 1. The van der Waals surface area contributed by atoms with Crippen LogP contribution in [0.3, 0.4) is 0 Å². The van der Waals surface area contributed by atoms with Gasteiger partial charge in [-0.25, -0.2) is 9.50 Å². The number of fused-ring (bicyclic) bond motifs is 2. The van der Waals surface area contributed by atoms with Gasteiger partial charge in [0.25, 0.3) is 5.89 Å². The Morgan fingerprint density at radius 1 is 1.14 bits per heavy atom. The third-order valence-corrected chi connectivity index (χ3v) is 5.77. The van der Waals surface area contributed by atoms with Gasteiger partial charge in [0.05, 0.1) is 28.8 Å². The summed E-state index contributed by atoms with van der Waals surface area (Å²) in [5, 5.41) is 12.2. The second-order valence-corrected chi connectivity index (χ2v) is 7.90. The van der Waals surface area contributed by atoms with Crippen molar-refractivity contribution >= 4 is 11.4 Å². The van der Waals surface area contributed by atoms with E-state index in [9.17, 15) is 18.0 Å². The smallest absolute Gasteiger partial charge is 0.411 e. The van der Waals surface area contributed by atoms with Crippen molar-refractivity contribution in [2.45, 2.75) is 18.6 Å². The summed E-state index contributed by atoms with van der Waals surface area (Å²) in [5.41, 5.74) is 1.87. The Bertz CT molecular complexity index is 1520. The lowest BCUT2D eigenvalue weighted by Crippen LogP contribution is -2.41. The van der Waals surface area contributed by atoms with Crippen LogP contribution in [0.25, 0.3) is 17.1 Å². The Labute approximate surface area is 194 Å². The van der Waals surface area contributed by atoms with Crippen LogP contribution in [0.2, 0.25) is 0 Å². The molecule has 6 heterocycles. The minimum absolute atomic E-state index is 0.184. The van der Waals surface area contributed by atoms with Gasteiger partial charge in [-0.05, 0) is 30.3 Å². The fraction of sp³-hybridized carbons (Fsp3) is 0.182. The van der Waals surface area contributed by atoms with Gasteiger partial charge < -0.3 is 14.3 Å². The Kier molecular flexibility index (Phi) is 4.65. The molecule has 0 bridgehead atoms. The van der Waals surface area contributed by atoms with E-state index in [4.69, 9.17) is 4.42 Å². The number of aromatic amines is 1. The van der Waals surface area contributed by atoms with E-state index < -0.39 is 23.7 Å². The van der Waals surface area contributed by atoms with Gasteiger partial charge in [-0.15, -0.1) is 10.2 Å². The topological polar surface area (TPSA) is 118 Å². The Hall–Kier alpha value is -4.55. The lowest BCUT2D eigenvalue weighted by atomic mass is 9.99. The highest BCUT2D eigenvalue weighted by molar-refractivity contribution is 5.90. The summed E-state index contributed by atoms with van der Waals surface area (Å²) in [6.45, 7) is 0.312. The maximum Gasteiger partial charge on any atom is 0.416 e. The quantitative estimate of drug-likeness (QED) is 0.421. The molecule has 0 fully saturated rings. The second-order valence-electron chi connectivity index (χ2n) is 7.90. The summed E-state index contributed by atoms with van der Waals surface area (Å²) in [6, 6.07) is 8.48. The van der Waals surface area contributed by atoms with E-state index in [1.54, 1.807) is 17.0 Å².